The fraction of sp³-hybridized carbons (Fsp3) is 0.400. The summed E-state index contributed by atoms with van der Waals surface area (Å²) >= 11 is 1.67. The standard InChI is InChI=1S/C15H16N2O3S/c1-21-10-7-5-9(6-8-10)13-16-14(20-17-13)11-3-2-4-12(11)15(18)19/h5-8,11-12H,2-4H2,1H3,(H,18,19). The SMILES string of the molecule is CSc1ccc(-c2noc(C3CCCC3C(=O)O)n2)cc1. The van der Waals surface area contributed by atoms with Gasteiger partial charge in [0.15, 0.2) is 0 Å². The molecule has 110 valence electrons. The predicted molar refractivity (Wildman–Crippen MR) is 79.2 cm³/mol. The second-order valence-corrected chi connectivity index (χ2v) is 6.05. The second-order valence-electron chi connectivity index (χ2n) is 5.17. The van der Waals surface area contributed by atoms with Gasteiger partial charge in [0.1, 0.15) is 0 Å². The van der Waals surface area contributed by atoms with Crippen LogP contribution in [0.4, 0.5) is 0 Å². The molecular weight excluding hydrogens is 288 g/mol. The molecule has 0 spiro atoms. The molecular formula is C15H16N2O3S. The van der Waals surface area contributed by atoms with Gasteiger partial charge in [-0.3, -0.25) is 4.79 Å². The molecule has 2 aromatic rings. The fourth-order valence-electron chi connectivity index (χ4n) is 2.79. The van der Waals surface area contributed by atoms with Crippen LogP contribution in [0.1, 0.15) is 31.1 Å². The largest absolute Gasteiger partial charge is 0.481 e. The number of thioether (sulfide) groups is 1. The van der Waals surface area contributed by atoms with Crippen LogP contribution in [0.25, 0.3) is 11.4 Å². The van der Waals surface area contributed by atoms with Crippen LogP contribution in [0.15, 0.2) is 33.7 Å². The van der Waals surface area contributed by atoms with Gasteiger partial charge in [-0.25, -0.2) is 0 Å². The first-order chi connectivity index (χ1) is 10.2. The first-order valence-electron chi connectivity index (χ1n) is 6.90. The molecule has 1 aromatic carbocycles. The van der Waals surface area contributed by atoms with Gasteiger partial charge in [-0.15, -0.1) is 11.8 Å². The third-order valence-corrected chi connectivity index (χ3v) is 4.68. The molecule has 3 rings (SSSR count). The van der Waals surface area contributed by atoms with Crippen molar-refractivity contribution in [2.24, 2.45) is 5.92 Å². The molecule has 21 heavy (non-hydrogen) atoms. The molecule has 0 radical (unpaired) electrons. The first kappa shape index (κ1) is 14.1. The number of aliphatic carboxylic acids is 1. The van der Waals surface area contributed by atoms with Crippen LogP contribution in [-0.4, -0.2) is 27.5 Å². The van der Waals surface area contributed by atoms with E-state index in [1.807, 2.05) is 30.5 Å². The average molecular weight is 304 g/mol. The number of carbonyl (C=O) groups is 1. The van der Waals surface area contributed by atoms with Crippen LogP contribution in [0.3, 0.4) is 0 Å². The van der Waals surface area contributed by atoms with Gasteiger partial charge in [0, 0.05) is 10.5 Å². The zero-order valence-corrected chi connectivity index (χ0v) is 12.5. The van der Waals surface area contributed by atoms with E-state index < -0.39 is 11.9 Å². The molecule has 2 atom stereocenters. The number of hydrogen-bond donors (Lipinski definition) is 1. The van der Waals surface area contributed by atoms with Gasteiger partial charge in [-0.2, -0.15) is 4.98 Å². The number of nitrogens with zero attached hydrogens (tertiary/aromatic N) is 2. The highest BCUT2D eigenvalue weighted by Crippen LogP contribution is 2.39. The molecule has 1 aromatic heterocycles. The topological polar surface area (TPSA) is 76.2 Å². The summed E-state index contributed by atoms with van der Waals surface area (Å²) in [6.45, 7) is 0. The van der Waals surface area contributed by atoms with E-state index in [1.165, 1.54) is 4.90 Å². The Kier molecular flexibility index (Phi) is 3.96. The minimum atomic E-state index is -0.776. The lowest BCUT2D eigenvalue weighted by molar-refractivity contribution is -0.142. The van der Waals surface area contributed by atoms with Crippen LogP contribution >= 0.6 is 11.8 Å². The Morgan fingerprint density at radius 3 is 2.76 bits per heavy atom. The lowest BCUT2D eigenvalue weighted by atomic mass is 9.96. The maximum Gasteiger partial charge on any atom is 0.307 e. The zero-order valence-electron chi connectivity index (χ0n) is 11.7. The van der Waals surface area contributed by atoms with Gasteiger partial charge in [-0.1, -0.05) is 11.6 Å². The van der Waals surface area contributed by atoms with E-state index in [-0.39, 0.29) is 5.92 Å². The summed E-state index contributed by atoms with van der Waals surface area (Å²) in [5.41, 5.74) is 0.882. The number of carboxylic acids is 1. The van der Waals surface area contributed by atoms with Crippen LogP contribution in [0, 0.1) is 5.92 Å². The third kappa shape index (κ3) is 2.81. The highest BCUT2D eigenvalue weighted by Gasteiger charge is 2.37. The Bertz CT molecular complexity index is 639. The second kappa shape index (κ2) is 5.89. The molecule has 0 aliphatic heterocycles. The molecule has 0 amide bonds. The summed E-state index contributed by atoms with van der Waals surface area (Å²) in [5.74, 6) is -0.370. The number of carboxylic acid groups (broad SMARTS) is 1. The number of aromatic nitrogens is 2. The molecule has 1 fully saturated rings. The number of benzene rings is 1. The van der Waals surface area contributed by atoms with Crippen molar-refractivity contribution in [1.29, 1.82) is 0 Å². The number of hydrogen-bond acceptors (Lipinski definition) is 5. The zero-order chi connectivity index (χ0) is 14.8. The summed E-state index contributed by atoms with van der Waals surface area (Å²) in [7, 11) is 0. The summed E-state index contributed by atoms with van der Waals surface area (Å²) in [5, 5.41) is 13.2. The molecule has 1 N–H and O–H groups in total. The Morgan fingerprint density at radius 1 is 1.33 bits per heavy atom. The van der Waals surface area contributed by atoms with Crippen LogP contribution in [0.5, 0.6) is 0 Å². The Morgan fingerprint density at radius 2 is 2.10 bits per heavy atom. The van der Waals surface area contributed by atoms with Crippen LogP contribution in [-0.2, 0) is 4.79 Å². The molecule has 0 saturated heterocycles. The van der Waals surface area contributed by atoms with Crippen molar-refractivity contribution in [1.82, 2.24) is 10.1 Å². The fourth-order valence-corrected chi connectivity index (χ4v) is 3.20. The monoisotopic (exact) mass is 304 g/mol. The van der Waals surface area contributed by atoms with Gasteiger partial charge in [-0.05, 0) is 43.4 Å². The molecule has 1 heterocycles. The minimum Gasteiger partial charge on any atom is -0.481 e. The normalized spacial score (nSPS) is 21.6. The molecule has 1 aliphatic carbocycles. The molecule has 1 aliphatic rings. The van der Waals surface area contributed by atoms with Gasteiger partial charge in [0.25, 0.3) is 0 Å². The smallest absolute Gasteiger partial charge is 0.307 e. The van der Waals surface area contributed by atoms with Crippen LogP contribution < -0.4 is 0 Å². The van der Waals surface area contributed by atoms with E-state index in [0.717, 1.165) is 18.4 Å². The van der Waals surface area contributed by atoms with E-state index >= 15 is 0 Å². The van der Waals surface area contributed by atoms with Crippen molar-refractivity contribution < 1.29 is 14.4 Å². The van der Waals surface area contributed by atoms with E-state index in [4.69, 9.17) is 4.52 Å². The molecule has 0 bridgehead atoms. The highest BCUT2D eigenvalue weighted by molar-refractivity contribution is 7.98. The quantitative estimate of drug-likeness (QED) is 0.872. The van der Waals surface area contributed by atoms with Crippen molar-refractivity contribution in [2.45, 2.75) is 30.1 Å². The summed E-state index contributed by atoms with van der Waals surface area (Å²) < 4.78 is 5.31. The molecule has 1 saturated carbocycles. The average Bonchev–Trinajstić information content (AvgIpc) is 3.16. The van der Waals surface area contributed by atoms with E-state index in [1.54, 1.807) is 11.8 Å². The van der Waals surface area contributed by atoms with E-state index in [2.05, 4.69) is 10.1 Å². The molecule has 6 heteroatoms. The van der Waals surface area contributed by atoms with E-state index in [0.29, 0.717) is 18.1 Å². The van der Waals surface area contributed by atoms with Crippen molar-refractivity contribution in [3.8, 4) is 11.4 Å². The number of rotatable bonds is 4. The lowest BCUT2D eigenvalue weighted by Crippen LogP contribution is -2.17. The van der Waals surface area contributed by atoms with Crippen molar-refractivity contribution in [3.63, 3.8) is 0 Å². The molecule has 2 unspecified atom stereocenters. The summed E-state index contributed by atoms with van der Waals surface area (Å²) in [6, 6.07) is 7.91. The van der Waals surface area contributed by atoms with Gasteiger partial charge < -0.3 is 9.63 Å². The Balaban J connectivity index is 1.84. The van der Waals surface area contributed by atoms with Gasteiger partial charge in [0.05, 0.1) is 11.8 Å². The third-order valence-electron chi connectivity index (χ3n) is 3.94. The predicted octanol–water partition coefficient (Wildman–Crippen LogP) is 3.43. The summed E-state index contributed by atoms with van der Waals surface area (Å²) in [6.07, 6.45) is 4.39. The minimum absolute atomic E-state index is 0.158. The van der Waals surface area contributed by atoms with Gasteiger partial charge in [0.2, 0.25) is 11.7 Å². The maximum absolute atomic E-state index is 11.2. The van der Waals surface area contributed by atoms with Gasteiger partial charge >= 0.3 is 5.97 Å². The first-order valence-corrected chi connectivity index (χ1v) is 8.12. The van der Waals surface area contributed by atoms with E-state index in [9.17, 15) is 9.90 Å². The lowest BCUT2D eigenvalue weighted by Gasteiger charge is -2.10. The summed E-state index contributed by atoms with van der Waals surface area (Å²) in [4.78, 5) is 16.8. The van der Waals surface area contributed by atoms with Crippen molar-refractivity contribution in [2.75, 3.05) is 6.26 Å². The van der Waals surface area contributed by atoms with Crippen molar-refractivity contribution >= 4 is 17.7 Å². The highest BCUT2D eigenvalue weighted by atomic mass is 32.2. The molecule has 5 nitrogen and oxygen atoms in total. The Hall–Kier alpha value is -1.82. The van der Waals surface area contributed by atoms with Crippen molar-refractivity contribution in [3.05, 3.63) is 30.2 Å². The van der Waals surface area contributed by atoms with Crippen LogP contribution in [0.2, 0.25) is 0 Å². The Labute approximate surface area is 126 Å². The maximum atomic E-state index is 11.2.